The molecule has 1 unspecified atom stereocenters. The molecule has 0 N–H and O–H groups in total. The van der Waals surface area contributed by atoms with Gasteiger partial charge in [0.1, 0.15) is 5.75 Å². The van der Waals surface area contributed by atoms with Crippen molar-refractivity contribution in [2.75, 3.05) is 7.11 Å². The van der Waals surface area contributed by atoms with Gasteiger partial charge in [-0.3, -0.25) is 4.79 Å². The van der Waals surface area contributed by atoms with E-state index < -0.39 is 0 Å². The number of aryl methyl sites for hydroxylation is 1. The number of Topliss-reactive ketones (excluding diaryl/α,β-unsaturated/α-hetero) is 1. The highest BCUT2D eigenvalue weighted by atomic mass is 16.5. The van der Waals surface area contributed by atoms with Crippen LogP contribution < -0.4 is 4.74 Å². The molecule has 0 heterocycles. The summed E-state index contributed by atoms with van der Waals surface area (Å²) in [4.78, 5) is 11.9. The molecule has 0 spiro atoms. The van der Waals surface area contributed by atoms with Crippen molar-refractivity contribution in [2.24, 2.45) is 5.92 Å². The van der Waals surface area contributed by atoms with Crippen molar-refractivity contribution in [3.63, 3.8) is 0 Å². The van der Waals surface area contributed by atoms with E-state index in [1.807, 2.05) is 39.0 Å². The summed E-state index contributed by atoms with van der Waals surface area (Å²) in [5.74, 6) is 1.14. The number of carbonyl (C=O) groups is 1. The van der Waals surface area contributed by atoms with E-state index in [2.05, 4.69) is 0 Å². The highest BCUT2D eigenvalue weighted by Gasteiger charge is 2.13. The maximum atomic E-state index is 11.9. The molecule has 1 rings (SSSR count). The van der Waals surface area contributed by atoms with Gasteiger partial charge >= 0.3 is 0 Å². The zero-order chi connectivity index (χ0) is 11.4. The summed E-state index contributed by atoms with van der Waals surface area (Å²) in [6, 6.07) is 5.58. The molecule has 0 aliphatic carbocycles. The number of hydrogen-bond donors (Lipinski definition) is 0. The topological polar surface area (TPSA) is 26.3 Å². The highest BCUT2D eigenvalue weighted by Crippen LogP contribution is 2.20. The number of hydrogen-bond acceptors (Lipinski definition) is 2. The lowest BCUT2D eigenvalue weighted by Gasteiger charge is -2.10. The first-order chi connectivity index (χ1) is 7.10. The molecule has 1 aromatic carbocycles. The molecule has 0 saturated carbocycles. The van der Waals surface area contributed by atoms with Crippen LogP contribution in [0.3, 0.4) is 0 Å². The molecule has 0 aromatic heterocycles. The zero-order valence-electron chi connectivity index (χ0n) is 9.83. The molecule has 2 heteroatoms. The Balaban J connectivity index is 2.97. The second-order valence-corrected chi connectivity index (χ2v) is 3.86. The third-order valence-electron chi connectivity index (χ3n) is 2.74. The monoisotopic (exact) mass is 206 g/mol. The van der Waals surface area contributed by atoms with Crippen LogP contribution in [0.5, 0.6) is 5.75 Å². The van der Waals surface area contributed by atoms with E-state index in [1.54, 1.807) is 7.11 Å². The van der Waals surface area contributed by atoms with Gasteiger partial charge in [0.05, 0.1) is 7.11 Å². The lowest BCUT2D eigenvalue weighted by molar-refractivity contribution is 0.0927. The summed E-state index contributed by atoms with van der Waals surface area (Å²) in [6.07, 6.45) is 0.879. The van der Waals surface area contributed by atoms with Gasteiger partial charge in [-0.25, -0.2) is 0 Å². The summed E-state index contributed by atoms with van der Waals surface area (Å²) >= 11 is 0. The van der Waals surface area contributed by atoms with Crippen LogP contribution in [-0.2, 0) is 0 Å². The first kappa shape index (κ1) is 11.8. The zero-order valence-corrected chi connectivity index (χ0v) is 9.83. The van der Waals surface area contributed by atoms with Gasteiger partial charge in [-0.15, -0.1) is 0 Å². The fourth-order valence-electron chi connectivity index (χ4n) is 1.50. The number of ketones is 1. The van der Waals surface area contributed by atoms with Crippen molar-refractivity contribution in [1.29, 1.82) is 0 Å². The molecule has 0 aliphatic rings. The fourth-order valence-corrected chi connectivity index (χ4v) is 1.50. The Morgan fingerprint density at radius 2 is 2.13 bits per heavy atom. The molecular formula is C13H18O2. The van der Waals surface area contributed by atoms with Gasteiger partial charge in [-0.1, -0.05) is 13.8 Å². The van der Waals surface area contributed by atoms with Crippen LogP contribution in [0.25, 0.3) is 0 Å². The smallest absolute Gasteiger partial charge is 0.165 e. The quantitative estimate of drug-likeness (QED) is 0.707. The third kappa shape index (κ3) is 2.58. The van der Waals surface area contributed by atoms with Crippen molar-refractivity contribution >= 4 is 5.78 Å². The molecule has 82 valence electrons. The number of carbonyl (C=O) groups excluding carboxylic acids is 1. The molecule has 0 aliphatic heterocycles. The van der Waals surface area contributed by atoms with Gasteiger partial charge < -0.3 is 4.74 Å². The van der Waals surface area contributed by atoms with Crippen LogP contribution in [0.15, 0.2) is 18.2 Å². The Kier molecular flexibility index (Phi) is 3.89. The average Bonchev–Trinajstić information content (AvgIpc) is 2.26. The predicted molar refractivity (Wildman–Crippen MR) is 61.5 cm³/mol. The van der Waals surface area contributed by atoms with Crippen molar-refractivity contribution in [2.45, 2.75) is 27.2 Å². The van der Waals surface area contributed by atoms with Gasteiger partial charge in [0.2, 0.25) is 0 Å². The van der Waals surface area contributed by atoms with Gasteiger partial charge in [-0.05, 0) is 37.1 Å². The second-order valence-electron chi connectivity index (χ2n) is 3.86. The molecule has 1 atom stereocenters. The van der Waals surface area contributed by atoms with Crippen LogP contribution in [0.2, 0.25) is 0 Å². The van der Waals surface area contributed by atoms with Crippen molar-refractivity contribution < 1.29 is 9.53 Å². The summed E-state index contributed by atoms with van der Waals surface area (Å²) in [7, 11) is 1.64. The highest BCUT2D eigenvalue weighted by molar-refractivity contribution is 5.97. The van der Waals surface area contributed by atoms with Gasteiger partial charge in [0, 0.05) is 11.5 Å². The summed E-state index contributed by atoms with van der Waals surface area (Å²) in [5, 5.41) is 0. The summed E-state index contributed by atoms with van der Waals surface area (Å²) < 4.78 is 5.16. The Morgan fingerprint density at radius 1 is 1.47 bits per heavy atom. The molecule has 0 fully saturated rings. The standard InChI is InChI=1S/C13H18O2/c1-5-9(2)13(14)11-6-7-12(15-4)10(3)8-11/h6-9H,5H2,1-4H3. The van der Waals surface area contributed by atoms with Gasteiger partial charge in [-0.2, -0.15) is 0 Å². The minimum Gasteiger partial charge on any atom is -0.496 e. The van der Waals surface area contributed by atoms with Crippen molar-refractivity contribution in [1.82, 2.24) is 0 Å². The Morgan fingerprint density at radius 3 is 2.60 bits per heavy atom. The molecular weight excluding hydrogens is 188 g/mol. The number of rotatable bonds is 4. The van der Waals surface area contributed by atoms with E-state index in [0.29, 0.717) is 0 Å². The second kappa shape index (κ2) is 4.96. The molecule has 15 heavy (non-hydrogen) atoms. The van der Waals surface area contributed by atoms with Crippen LogP contribution in [-0.4, -0.2) is 12.9 Å². The normalized spacial score (nSPS) is 12.3. The predicted octanol–water partition coefficient (Wildman–Crippen LogP) is 3.23. The molecule has 0 amide bonds. The Labute approximate surface area is 91.3 Å². The Hall–Kier alpha value is -1.31. The van der Waals surface area contributed by atoms with Gasteiger partial charge in [0.15, 0.2) is 5.78 Å². The van der Waals surface area contributed by atoms with E-state index in [9.17, 15) is 4.79 Å². The van der Waals surface area contributed by atoms with Gasteiger partial charge in [0.25, 0.3) is 0 Å². The van der Waals surface area contributed by atoms with Crippen LogP contribution in [0.4, 0.5) is 0 Å². The first-order valence-electron chi connectivity index (χ1n) is 5.29. The van der Waals surface area contributed by atoms with E-state index in [-0.39, 0.29) is 11.7 Å². The molecule has 0 saturated heterocycles. The minimum absolute atomic E-state index is 0.0952. The maximum absolute atomic E-state index is 11.9. The van der Waals surface area contributed by atoms with E-state index >= 15 is 0 Å². The van der Waals surface area contributed by atoms with Crippen molar-refractivity contribution in [3.05, 3.63) is 29.3 Å². The van der Waals surface area contributed by atoms with Crippen LogP contribution in [0.1, 0.15) is 36.2 Å². The number of ether oxygens (including phenoxy) is 1. The molecule has 0 radical (unpaired) electrons. The molecule has 1 aromatic rings. The Bertz CT molecular complexity index is 356. The lowest BCUT2D eigenvalue weighted by atomic mass is 9.96. The minimum atomic E-state index is 0.0952. The largest absolute Gasteiger partial charge is 0.496 e. The lowest BCUT2D eigenvalue weighted by Crippen LogP contribution is -2.10. The van der Waals surface area contributed by atoms with E-state index in [1.165, 1.54) is 0 Å². The molecule has 2 nitrogen and oxygen atoms in total. The average molecular weight is 206 g/mol. The van der Waals surface area contributed by atoms with Crippen molar-refractivity contribution in [3.8, 4) is 5.75 Å². The SMILES string of the molecule is CCC(C)C(=O)c1ccc(OC)c(C)c1. The van der Waals surface area contributed by atoms with E-state index in [4.69, 9.17) is 4.74 Å². The molecule has 0 bridgehead atoms. The summed E-state index contributed by atoms with van der Waals surface area (Å²) in [5.41, 5.74) is 1.79. The fraction of sp³-hybridized carbons (Fsp3) is 0.462. The maximum Gasteiger partial charge on any atom is 0.165 e. The first-order valence-corrected chi connectivity index (χ1v) is 5.29. The number of methoxy groups -OCH3 is 1. The van der Waals surface area contributed by atoms with Crippen LogP contribution >= 0.6 is 0 Å². The van der Waals surface area contributed by atoms with Crippen LogP contribution in [0, 0.1) is 12.8 Å². The summed E-state index contributed by atoms with van der Waals surface area (Å²) in [6.45, 7) is 5.94. The third-order valence-corrected chi connectivity index (χ3v) is 2.74. The number of benzene rings is 1. The van der Waals surface area contributed by atoms with E-state index in [0.717, 1.165) is 23.3 Å².